The van der Waals surface area contributed by atoms with Crippen molar-refractivity contribution in [2.75, 3.05) is 33.2 Å². The van der Waals surface area contributed by atoms with E-state index < -0.39 is 0 Å². The van der Waals surface area contributed by atoms with Gasteiger partial charge in [0.25, 0.3) is 0 Å². The fourth-order valence-corrected chi connectivity index (χ4v) is 2.07. The van der Waals surface area contributed by atoms with Crippen molar-refractivity contribution >= 4 is 0 Å². The largest absolute Gasteiger partial charge is 0.316 e. The highest BCUT2D eigenvalue weighted by atomic mass is 15.1. The fraction of sp³-hybridized carbons (Fsp3) is 0.867. The molecule has 0 unspecified atom stereocenters. The summed E-state index contributed by atoms with van der Waals surface area (Å²) in [6.07, 6.45) is 4.34. The molecule has 0 aromatic rings. The van der Waals surface area contributed by atoms with Gasteiger partial charge in [0.2, 0.25) is 0 Å². The van der Waals surface area contributed by atoms with Crippen LogP contribution in [0.1, 0.15) is 40.5 Å². The molecule has 102 valence electrons. The molecule has 0 aliphatic carbocycles. The highest BCUT2D eigenvalue weighted by Crippen LogP contribution is 2.15. The van der Waals surface area contributed by atoms with Crippen LogP contribution in [0.25, 0.3) is 0 Å². The van der Waals surface area contributed by atoms with Crippen molar-refractivity contribution in [3.8, 4) is 0 Å². The third-order valence-corrected chi connectivity index (χ3v) is 2.80. The molecule has 0 rings (SSSR count). The maximum atomic E-state index is 3.76. The van der Waals surface area contributed by atoms with Crippen LogP contribution in [0.4, 0.5) is 0 Å². The van der Waals surface area contributed by atoms with Crippen molar-refractivity contribution in [2.45, 2.75) is 40.5 Å². The lowest BCUT2D eigenvalue weighted by Gasteiger charge is -2.31. The average Bonchev–Trinajstić information content (AvgIpc) is 2.16. The number of rotatable bonds is 10. The monoisotopic (exact) mass is 240 g/mol. The summed E-state index contributed by atoms with van der Waals surface area (Å²) < 4.78 is 0. The Morgan fingerprint density at radius 3 is 2.53 bits per heavy atom. The van der Waals surface area contributed by atoms with Gasteiger partial charge in [-0.15, -0.1) is 6.58 Å². The second kappa shape index (κ2) is 8.71. The van der Waals surface area contributed by atoms with E-state index in [9.17, 15) is 0 Å². The van der Waals surface area contributed by atoms with Gasteiger partial charge >= 0.3 is 0 Å². The molecule has 0 aliphatic heterocycles. The lowest BCUT2D eigenvalue weighted by molar-refractivity contribution is 0.201. The van der Waals surface area contributed by atoms with Crippen LogP contribution in [0.5, 0.6) is 0 Å². The minimum Gasteiger partial charge on any atom is -0.316 e. The molecule has 0 amide bonds. The van der Waals surface area contributed by atoms with Crippen molar-refractivity contribution in [3.63, 3.8) is 0 Å². The van der Waals surface area contributed by atoms with Gasteiger partial charge < -0.3 is 10.2 Å². The minimum atomic E-state index is 0.345. The first-order chi connectivity index (χ1) is 7.87. The molecule has 0 heterocycles. The molecule has 0 atom stereocenters. The predicted octanol–water partition coefficient (Wildman–Crippen LogP) is 3.16. The van der Waals surface area contributed by atoms with Crippen molar-refractivity contribution in [3.05, 3.63) is 12.7 Å². The summed E-state index contributed by atoms with van der Waals surface area (Å²) in [6, 6.07) is 0. The third kappa shape index (κ3) is 10.5. The summed E-state index contributed by atoms with van der Waals surface area (Å²) >= 11 is 0. The molecule has 0 aliphatic rings. The van der Waals surface area contributed by atoms with Gasteiger partial charge in [-0.1, -0.05) is 33.8 Å². The topological polar surface area (TPSA) is 15.3 Å². The van der Waals surface area contributed by atoms with Crippen LogP contribution >= 0.6 is 0 Å². The standard InChI is InChI=1S/C15H32N2/c1-7-8-9-10-17(6)13-15(4,5)12-16-11-14(2)3/h7,14,16H,1,8-13H2,2-6H3. The molecule has 17 heavy (non-hydrogen) atoms. The lowest BCUT2D eigenvalue weighted by Crippen LogP contribution is -2.40. The van der Waals surface area contributed by atoms with Gasteiger partial charge in [-0.3, -0.25) is 0 Å². The Morgan fingerprint density at radius 2 is 2.00 bits per heavy atom. The molecule has 2 heteroatoms. The first-order valence-corrected chi connectivity index (χ1v) is 6.87. The Labute approximate surface area is 108 Å². The zero-order chi connectivity index (χ0) is 13.3. The van der Waals surface area contributed by atoms with E-state index in [0.29, 0.717) is 5.41 Å². The van der Waals surface area contributed by atoms with Gasteiger partial charge in [-0.2, -0.15) is 0 Å². The quantitative estimate of drug-likeness (QED) is 0.466. The van der Waals surface area contributed by atoms with Gasteiger partial charge in [0, 0.05) is 13.1 Å². The molecule has 0 aromatic heterocycles. The molecule has 0 aromatic carbocycles. The maximum Gasteiger partial charge on any atom is 0.00418 e. The molecule has 2 nitrogen and oxygen atoms in total. The van der Waals surface area contributed by atoms with E-state index in [2.05, 4.69) is 51.5 Å². The normalized spacial score (nSPS) is 12.4. The van der Waals surface area contributed by atoms with Gasteiger partial charge in [0.05, 0.1) is 0 Å². The summed E-state index contributed by atoms with van der Waals surface area (Å²) in [5.41, 5.74) is 0.345. The van der Waals surface area contributed by atoms with E-state index in [1.165, 1.54) is 13.0 Å². The van der Waals surface area contributed by atoms with Crippen LogP contribution in [-0.4, -0.2) is 38.1 Å². The predicted molar refractivity (Wildman–Crippen MR) is 78.4 cm³/mol. The first-order valence-electron chi connectivity index (χ1n) is 6.87. The molecule has 0 saturated heterocycles. The Hall–Kier alpha value is -0.340. The number of allylic oxidation sites excluding steroid dienone is 1. The van der Waals surface area contributed by atoms with Crippen LogP contribution < -0.4 is 5.32 Å². The average molecular weight is 240 g/mol. The summed E-state index contributed by atoms with van der Waals surface area (Å²) in [4.78, 5) is 2.43. The second-order valence-corrected chi connectivity index (χ2v) is 6.36. The summed E-state index contributed by atoms with van der Waals surface area (Å²) in [7, 11) is 2.22. The van der Waals surface area contributed by atoms with E-state index >= 15 is 0 Å². The van der Waals surface area contributed by atoms with Crippen LogP contribution in [-0.2, 0) is 0 Å². The zero-order valence-electron chi connectivity index (χ0n) is 12.6. The molecular formula is C15H32N2. The minimum absolute atomic E-state index is 0.345. The molecular weight excluding hydrogens is 208 g/mol. The molecule has 0 radical (unpaired) electrons. The Bertz CT molecular complexity index is 197. The van der Waals surface area contributed by atoms with Gasteiger partial charge in [-0.25, -0.2) is 0 Å². The Balaban J connectivity index is 3.77. The Kier molecular flexibility index (Phi) is 8.53. The number of hydrogen-bond acceptors (Lipinski definition) is 2. The van der Waals surface area contributed by atoms with E-state index in [1.807, 2.05) is 6.08 Å². The summed E-state index contributed by atoms with van der Waals surface area (Å²) in [5, 5.41) is 3.55. The van der Waals surface area contributed by atoms with E-state index in [1.54, 1.807) is 0 Å². The van der Waals surface area contributed by atoms with Crippen LogP contribution in [0.2, 0.25) is 0 Å². The highest BCUT2D eigenvalue weighted by molar-refractivity contribution is 4.76. The van der Waals surface area contributed by atoms with E-state index in [-0.39, 0.29) is 0 Å². The number of unbranched alkanes of at least 4 members (excludes halogenated alkanes) is 1. The van der Waals surface area contributed by atoms with Gasteiger partial charge in [0.1, 0.15) is 0 Å². The second-order valence-electron chi connectivity index (χ2n) is 6.36. The van der Waals surface area contributed by atoms with E-state index in [0.717, 1.165) is 32.0 Å². The number of nitrogens with one attached hydrogen (secondary N) is 1. The third-order valence-electron chi connectivity index (χ3n) is 2.80. The van der Waals surface area contributed by atoms with Crippen LogP contribution in [0.15, 0.2) is 12.7 Å². The highest BCUT2D eigenvalue weighted by Gasteiger charge is 2.19. The maximum absolute atomic E-state index is 3.76. The van der Waals surface area contributed by atoms with Crippen molar-refractivity contribution in [1.29, 1.82) is 0 Å². The zero-order valence-corrected chi connectivity index (χ0v) is 12.6. The summed E-state index contributed by atoms with van der Waals surface area (Å²) in [6.45, 7) is 17.5. The Morgan fingerprint density at radius 1 is 1.35 bits per heavy atom. The molecule has 0 spiro atoms. The van der Waals surface area contributed by atoms with E-state index in [4.69, 9.17) is 0 Å². The van der Waals surface area contributed by atoms with Crippen LogP contribution in [0.3, 0.4) is 0 Å². The van der Waals surface area contributed by atoms with Crippen LogP contribution in [0, 0.1) is 11.3 Å². The van der Waals surface area contributed by atoms with Gasteiger partial charge in [0.15, 0.2) is 0 Å². The number of hydrogen-bond donors (Lipinski definition) is 1. The fourth-order valence-electron chi connectivity index (χ4n) is 2.07. The summed E-state index contributed by atoms with van der Waals surface area (Å²) in [5.74, 6) is 0.733. The SMILES string of the molecule is C=CCCCN(C)CC(C)(C)CNCC(C)C. The smallest absolute Gasteiger partial charge is 0.00418 e. The van der Waals surface area contributed by atoms with Crippen molar-refractivity contribution in [1.82, 2.24) is 10.2 Å². The molecule has 0 saturated carbocycles. The van der Waals surface area contributed by atoms with Crippen molar-refractivity contribution in [2.24, 2.45) is 11.3 Å². The molecule has 0 fully saturated rings. The first kappa shape index (κ1) is 16.7. The van der Waals surface area contributed by atoms with Crippen molar-refractivity contribution < 1.29 is 0 Å². The molecule has 0 bridgehead atoms. The molecule has 1 N–H and O–H groups in total. The number of nitrogens with zero attached hydrogens (tertiary/aromatic N) is 1. The van der Waals surface area contributed by atoms with Gasteiger partial charge in [-0.05, 0) is 44.3 Å². The lowest BCUT2D eigenvalue weighted by atomic mass is 9.92.